The van der Waals surface area contributed by atoms with Crippen molar-refractivity contribution >= 4 is 0 Å². The van der Waals surface area contributed by atoms with Crippen molar-refractivity contribution in [2.45, 2.75) is 19.6 Å². The van der Waals surface area contributed by atoms with Crippen LogP contribution in [0.3, 0.4) is 0 Å². The molecule has 1 unspecified atom stereocenters. The number of aromatic nitrogens is 4. The van der Waals surface area contributed by atoms with Gasteiger partial charge in [-0.3, -0.25) is 14.3 Å². The lowest BCUT2D eigenvalue weighted by atomic mass is 10.1. The molecular formula is C16H23N5O. The van der Waals surface area contributed by atoms with Crippen LogP contribution >= 0.6 is 0 Å². The Labute approximate surface area is 131 Å². The minimum absolute atomic E-state index is 0.428. The zero-order valence-corrected chi connectivity index (χ0v) is 13.1. The molecule has 2 aromatic heterocycles. The third kappa shape index (κ3) is 3.64. The monoisotopic (exact) mass is 301 g/mol. The van der Waals surface area contributed by atoms with E-state index >= 15 is 0 Å². The summed E-state index contributed by atoms with van der Waals surface area (Å²) in [6.07, 6.45) is 7.69. The van der Waals surface area contributed by atoms with Crippen LogP contribution < -0.4 is 0 Å². The van der Waals surface area contributed by atoms with Crippen molar-refractivity contribution in [1.82, 2.24) is 24.5 Å². The number of rotatable bonds is 6. The molecule has 1 aliphatic rings. The van der Waals surface area contributed by atoms with Crippen LogP contribution in [0.5, 0.6) is 0 Å². The first-order chi connectivity index (χ1) is 10.7. The van der Waals surface area contributed by atoms with E-state index in [1.54, 1.807) is 6.08 Å². The Morgan fingerprint density at radius 1 is 1.41 bits per heavy atom. The van der Waals surface area contributed by atoms with Crippen LogP contribution in [0.4, 0.5) is 0 Å². The van der Waals surface area contributed by atoms with Crippen molar-refractivity contribution in [3.8, 4) is 0 Å². The van der Waals surface area contributed by atoms with Crippen molar-refractivity contribution in [3.63, 3.8) is 0 Å². The van der Waals surface area contributed by atoms with Crippen molar-refractivity contribution in [2.75, 3.05) is 19.8 Å². The van der Waals surface area contributed by atoms with E-state index < -0.39 is 0 Å². The smallest absolute Gasteiger partial charge is 0.0645 e. The molecule has 1 atom stereocenters. The van der Waals surface area contributed by atoms with Crippen molar-refractivity contribution < 1.29 is 4.74 Å². The summed E-state index contributed by atoms with van der Waals surface area (Å²) in [5.41, 5.74) is 2.50. The molecule has 0 saturated carbocycles. The van der Waals surface area contributed by atoms with Gasteiger partial charge in [0.05, 0.1) is 25.1 Å². The van der Waals surface area contributed by atoms with Gasteiger partial charge < -0.3 is 4.74 Å². The third-order valence-electron chi connectivity index (χ3n) is 3.89. The van der Waals surface area contributed by atoms with Crippen LogP contribution in [-0.4, -0.2) is 44.2 Å². The standard InChI is InChI=1S/C16H23N5O/c1-3-6-22-13-15-10-20(9-14-7-18-19(2)8-14)12-16-4-5-17-21(16)11-15/h3-5,7-8,15H,1,6,9-13H2,2H3. The first kappa shape index (κ1) is 15.0. The number of hydrogen-bond acceptors (Lipinski definition) is 4. The van der Waals surface area contributed by atoms with Gasteiger partial charge in [-0.2, -0.15) is 10.2 Å². The Kier molecular flexibility index (Phi) is 4.70. The van der Waals surface area contributed by atoms with Crippen LogP contribution in [0.15, 0.2) is 37.3 Å². The molecule has 0 aromatic carbocycles. The summed E-state index contributed by atoms with van der Waals surface area (Å²) in [5, 5.41) is 8.69. The van der Waals surface area contributed by atoms with E-state index in [1.165, 1.54) is 11.3 Å². The third-order valence-corrected chi connectivity index (χ3v) is 3.89. The van der Waals surface area contributed by atoms with E-state index in [4.69, 9.17) is 4.74 Å². The molecule has 22 heavy (non-hydrogen) atoms. The fourth-order valence-electron chi connectivity index (χ4n) is 2.98. The molecule has 0 bridgehead atoms. The van der Waals surface area contributed by atoms with Crippen molar-refractivity contribution in [2.24, 2.45) is 13.0 Å². The number of fused-ring (bicyclic) bond motifs is 1. The lowest BCUT2D eigenvalue weighted by molar-refractivity contribution is 0.0932. The molecule has 6 heteroatoms. The average Bonchev–Trinajstić information content (AvgIpc) is 3.05. The molecule has 2 aromatic rings. The lowest BCUT2D eigenvalue weighted by Crippen LogP contribution is -2.30. The summed E-state index contributed by atoms with van der Waals surface area (Å²) in [4.78, 5) is 2.44. The fraction of sp³-hybridized carbons (Fsp3) is 0.500. The predicted octanol–water partition coefficient (Wildman–Crippen LogP) is 1.45. The van der Waals surface area contributed by atoms with Crippen LogP contribution in [0.1, 0.15) is 11.3 Å². The van der Waals surface area contributed by atoms with E-state index in [0.29, 0.717) is 12.5 Å². The second-order valence-corrected chi connectivity index (χ2v) is 5.89. The van der Waals surface area contributed by atoms with Crippen LogP contribution in [0.2, 0.25) is 0 Å². The predicted molar refractivity (Wildman–Crippen MR) is 84.1 cm³/mol. The van der Waals surface area contributed by atoms with Gasteiger partial charge in [0.1, 0.15) is 0 Å². The molecule has 0 amide bonds. The van der Waals surface area contributed by atoms with Gasteiger partial charge in [-0.25, -0.2) is 0 Å². The number of ether oxygens (including phenoxy) is 1. The Morgan fingerprint density at radius 2 is 2.32 bits per heavy atom. The molecule has 0 aliphatic carbocycles. The van der Waals surface area contributed by atoms with Gasteiger partial charge in [0.25, 0.3) is 0 Å². The molecule has 3 rings (SSSR count). The van der Waals surface area contributed by atoms with Gasteiger partial charge in [0, 0.05) is 57.1 Å². The Morgan fingerprint density at radius 3 is 3.09 bits per heavy atom. The zero-order valence-electron chi connectivity index (χ0n) is 13.1. The largest absolute Gasteiger partial charge is 0.377 e. The summed E-state index contributed by atoms with van der Waals surface area (Å²) >= 11 is 0. The first-order valence-electron chi connectivity index (χ1n) is 7.64. The topological polar surface area (TPSA) is 48.1 Å². The molecule has 0 saturated heterocycles. The number of hydrogen-bond donors (Lipinski definition) is 0. The summed E-state index contributed by atoms with van der Waals surface area (Å²) < 4.78 is 9.62. The maximum atomic E-state index is 5.67. The van der Waals surface area contributed by atoms with E-state index in [2.05, 4.69) is 38.6 Å². The second-order valence-electron chi connectivity index (χ2n) is 5.89. The molecule has 0 radical (unpaired) electrons. The zero-order chi connectivity index (χ0) is 15.4. The Hall–Kier alpha value is -1.92. The first-order valence-corrected chi connectivity index (χ1v) is 7.64. The summed E-state index contributed by atoms with van der Waals surface area (Å²) in [5.74, 6) is 0.428. The highest BCUT2D eigenvalue weighted by atomic mass is 16.5. The maximum Gasteiger partial charge on any atom is 0.0645 e. The molecule has 1 aliphatic heterocycles. The minimum Gasteiger partial charge on any atom is -0.377 e. The van der Waals surface area contributed by atoms with E-state index in [1.807, 2.05) is 24.1 Å². The van der Waals surface area contributed by atoms with Crippen LogP contribution in [-0.2, 0) is 31.4 Å². The summed E-state index contributed by atoms with van der Waals surface area (Å²) in [7, 11) is 1.95. The summed E-state index contributed by atoms with van der Waals surface area (Å²) in [6.45, 7) is 8.74. The van der Waals surface area contributed by atoms with E-state index in [0.717, 1.165) is 32.8 Å². The fourth-order valence-corrected chi connectivity index (χ4v) is 2.98. The van der Waals surface area contributed by atoms with Crippen LogP contribution in [0.25, 0.3) is 0 Å². The molecular weight excluding hydrogens is 278 g/mol. The molecule has 3 heterocycles. The summed E-state index contributed by atoms with van der Waals surface area (Å²) in [6, 6.07) is 2.10. The molecule has 0 fully saturated rings. The quantitative estimate of drug-likeness (QED) is 0.598. The van der Waals surface area contributed by atoms with Gasteiger partial charge in [-0.05, 0) is 6.07 Å². The Bertz CT molecular complexity index is 618. The van der Waals surface area contributed by atoms with Crippen LogP contribution in [0, 0.1) is 5.92 Å². The average molecular weight is 301 g/mol. The molecule has 6 nitrogen and oxygen atoms in total. The van der Waals surface area contributed by atoms with Gasteiger partial charge in [-0.15, -0.1) is 6.58 Å². The SMILES string of the molecule is C=CCOCC1CN(Cc2cnn(C)c2)Cc2ccnn2C1. The van der Waals surface area contributed by atoms with Crippen molar-refractivity contribution in [3.05, 3.63) is 48.6 Å². The van der Waals surface area contributed by atoms with Gasteiger partial charge in [-0.1, -0.05) is 6.08 Å². The van der Waals surface area contributed by atoms with Gasteiger partial charge in [0.2, 0.25) is 0 Å². The molecule has 0 N–H and O–H groups in total. The number of aryl methyl sites for hydroxylation is 1. The minimum atomic E-state index is 0.428. The molecule has 118 valence electrons. The Balaban J connectivity index is 1.70. The van der Waals surface area contributed by atoms with Gasteiger partial charge >= 0.3 is 0 Å². The second kappa shape index (κ2) is 6.89. The molecule has 0 spiro atoms. The van der Waals surface area contributed by atoms with Gasteiger partial charge in [0.15, 0.2) is 0 Å². The maximum absolute atomic E-state index is 5.67. The van der Waals surface area contributed by atoms with Crippen molar-refractivity contribution in [1.29, 1.82) is 0 Å². The lowest BCUT2D eigenvalue weighted by Gasteiger charge is -2.23. The normalized spacial score (nSPS) is 18.9. The highest BCUT2D eigenvalue weighted by molar-refractivity contribution is 5.06. The highest BCUT2D eigenvalue weighted by Gasteiger charge is 2.22. The van der Waals surface area contributed by atoms with E-state index in [9.17, 15) is 0 Å². The number of nitrogens with zero attached hydrogens (tertiary/aromatic N) is 5. The van der Waals surface area contributed by atoms with E-state index in [-0.39, 0.29) is 0 Å². The highest BCUT2D eigenvalue weighted by Crippen LogP contribution is 2.18.